The van der Waals surface area contributed by atoms with Crippen LogP contribution in [0.2, 0.25) is 0 Å². The van der Waals surface area contributed by atoms with Gasteiger partial charge in [0, 0.05) is 32.4 Å². The molecule has 0 spiro atoms. The van der Waals surface area contributed by atoms with Crippen LogP contribution in [0.15, 0.2) is 47.6 Å². The van der Waals surface area contributed by atoms with Gasteiger partial charge < -0.3 is 20.3 Å². The van der Waals surface area contributed by atoms with Crippen LogP contribution in [-0.2, 0) is 24.0 Å². The highest BCUT2D eigenvalue weighted by Crippen LogP contribution is 2.29. The fourth-order valence-electron chi connectivity index (χ4n) is 3.28. The summed E-state index contributed by atoms with van der Waals surface area (Å²) in [6.45, 7) is 7.59. The van der Waals surface area contributed by atoms with Crippen molar-refractivity contribution in [3.05, 3.63) is 59.3 Å². The van der Waals surface area contributed by atoms with Gasteiger partial charge in [0.05, 0.1) is 24.8 Å². The molecule has 0 radical (unpaired) electrons. The number of nitrogens with zero attached hydrogens (tertiary/aromatic N) is 3. The number of halogens is 3. The molecule has 9 heteroatoms. The lowest BCUT2D eigenvalue weighted by molar-refractivity contribution is -0.137. The summed E-state index contributed by atoms with van der Waals surface area (Å²) < 4.78 is 44.2. The van der Waals surface area contributed by atoms with Crippen LogP contribution in [0, 0.1) is 0 Å². The first-order valence-corrected chi connectivity index (χ1v) is 10.3. The molecule has 0 aliphatic carbocycles. The molecule has 1 fully saturated rings. The zero-order chi connectivity index (χ0) is 22.3. The smallest absolute Gasteiger partial charge is 0.375 e. The highest BCUT2D eigenvalue weighted by molar-refractivity contribution is 5.79. The van der Waals surface area contributed by atoms with Gasteiger partial charge in [0.2, 0.25) is 0 Å². The summed E-state index contributed by atoms with van der Waals surface area (Å²) in [5.74, 6) is 1.45. The predicted octanol–water partition coefficient (Wildman–Crippen LogP) is 3.58. The Kier molecular flexibility index (Phi) is 7.73. The van der Waals surface area contributed by atoms with Gasteiger partial charge in [0.25, 0.3) is 0 Å². The van der Waals surface area contributed by atoms with Crippen LogP contribution < -0.4 is 15.5 Å². The number of alkyl halides is 3. The maximum absolute atomic E-state index is 12.9. The summed E-state index contributed by atoms with van der Waals surface area (Å²) in [6.07, 6.45) is -2.37. The zero-order valence-electron chi connectivity index (χ0n) is 17.7. The van der Waals surface area contributed by atoms with Gasteiger partial charge >= 0.3 is 6.18 Å². The van der Waals surface area contributed by atoms with Gasteiger partial charge in [-0.15, -0.1) is 0 Å². The molecule has 3 rings (SSSR count). The van der Waals surface area contributed by atoms with E-state index in [4.69, 9.17) is 4.74 Å². The van der Waals surface area contributed by atoms with E-state index < -0.39 is 11.7 Å². The van der Waals surface area contributed by atoms with Crippen molar-refractivity contribution in [2.24, 2.45) is 4.99 Å². The number of aliphatic imine (C=N–C) groups is 1. The lowest BCUT2D eigenvalue weighted by Crippen LogP contribution is -2.41. The normalized spacial score (nSPS) is 17.5. The number of pyridine rings is 1. The highest BCUT2D eigenvalue weighted by atomic mass is 19.4. The van der Waals surface area contributed by atoms with E-state index in [0.29, 0.717) is 31.2 Å². The lowest BCUT2D eigenvalue weighted by atomic mass is 10.1. The summed E-state index contributed by atoms with van der Waals surface area (Å²) in [4.78, 5) is 11.3. The van der Waals surface area contributed by atoms with Crippen LogP contribution in [0.1, 0.15) is 30.5 Å². The lowest BCUT2D eigenvalue weighted by Gasteiger charge is -2.32. The van der Waals surface area contributed by atoms with Crippen molar-refractivity contribution in [2.75, 3.05) is 31.1 Å². The number of nitrogens with one attached hydrogen (secondary N) is 2. The molecule has 168 valence electrons. The number of anilines is 1. The third-order valence-corrected chi connectivity index (χ3v) is 4.85. The third-order valence-electron chi connectivity index (χ3n) is 4.85. The van der Waals surface area contributed by atoms with Crippen LogP contribution in [0.3, 0.4) is 0 Å². The Balaban J connectivity index is 1.59. The predicted molar refractivity (Wildman–Crippen MR) is 115 cm³/mol. The van der Waals surface area contributed by atoms with Crippen molar-refractivity contribution < 1.29 is 17.9 Å². The van der Waals surface area contributed by atoms with E-state index in [-0.39, 0.29) is 12.6 Å². The molecule has 31 heavy (non-hydrogen) atoms. The molecular formula is C22H28F3N5O. The highest BCUT2D eigenvalue weighted by Gasteiger charge is 2.30. The van der Waals surface area contributed by atoms with E-state index in [1.54, 1.807) is 12.3 Å². The third kappa shape index (κ3) is 6.85. The summed E-state index contributed by atoms with van der Waals surface area (Å²) in [6, 6.07) is 9.24. The number of guanidine groups is 1. The topological polar surface area (TPSA) is 61.8 Å². The van der Waals surface area contributed by atoms with Crippen molar-refractivity contribution >= 4 is 11.8 Å². The zero-order valence-corrected chi connectivity index (χ0v) is 17.7. The van der Waals surface area contributed by atoms with Gasteiger partial charge in [-0.25, -0.2) is 9.98 Å². The fraction of sp³-hybridized carbons (Fsp3) is 0.455. The molecule has 0 amide bonds. The maximum Gasteiger partial charge on any atom is 0.416 e. The van der Waals surface area contributed by atoms with E-state index >= 15 is 0 Å². The average Bonchev–Trinajstić information content (AvgIpc) is 2.76. The molecule has 1 saturated heterocycles. The molecule has 1 aromatic carbocycles. The van der Waals surface area contributed by atoms with Crippen LogP contribution in [0.4, 0.5) is 19.0 Å². The van der Waals surface area contributed by atoms with E-state index in [9.17, 15) is 13.2 Å². The number of hydrogen-bond donors (Lipinski definition) is 2. The number of ether oxygens (including phenoxy) is 1. The Morgan fingerprint density at radius 2 is 2.06 bits per heavy atom. The Labute approximate surface area is 180 Å². The van der Waals surface area contributed by atoms with Crippen LogP contribution in [-0.4, -0.2) is 43.3 Å². The molecule has 1 aliphatic heterocycles. The molecule has 0 bridgehead atoms. The number of aromatic nitrogens is 1. The number of hydrogen-bond acceptors (Lipinski definition) is 4. The molecule has 1 aromatic heterocycles. The van der Waals surface area contributed by atoms with Crippen LogP contribution in [0.5, 0.6) is 0 Å². The van der Waals surface area contributed by atoms with Crippen molar-refractivity contribution in [2.45, 2.75) is 39.2 Å². The van der Waals surface area contributed by atoms with Gasteiger partial charge in [-0.1, -0.05) is 18.2 Å². The van der Waals surface area contributed by atoms with Crippen molar-refractivity contribution in [3.8, 4) is 0 Å². The van der Waals surface area contributed by atoms with Crippen LogP contribution >= 0.6 is 0 Å². The second-order valence-electron chi connectivity index (χ2n) is 7.40. The molecular weight excluding hydrogens is 407 g/mol. The first-order valence-electron chi connectivity index (χ1n) is 10.3. The average molecular weight is 435 g/mol. The quantitative estimate of drug-likeness (QED) is 0.537. The number of morpholine rings is 1. The summed E-state index contributed by atoms with van der Waals surface area (Å²) in [5.41, 5.74) is 0.821. The molecule has 1 aliphatic rings. The largest absolute Gasteiger partial charge is 0.416 e. The Hall–Kier alpha value is -2.81. The molecule has 2 aromatic rings. The Bertz CT molecular complexity index is 870. The van der Waals surface area contributed by atoms with Gasteiger partial charge in [0.1, 0.15) is 5.82 Å². The van der Waals surface area contributed by atoms with E-state index in [0.717, 1.165) is 36.6 Å². The fourth-order valence-corrected chi connectivity index (χ4v) is 3.28. The minimum absolute atomic E-state index is 0.186. The van der Waals surface area contributed by atoms with Crippen LogP contribution in [0.25, 0.3) is 0 Å². The maximum atomic E-state index is 12.9. The second-order valence-corrected chi connectivity index (χ2v) is 7.40. The van der Waals surface area contributed by atoms with Gasteiger partial charge in [-0.2, -0.15) is 13.2 Å². The molecule has 6 nitrogen and oxygen atoms in total. The van der Waals surface area contributed by atoms with Crippen molar-refractivity contribution in [1.82, 2.24) is 15.6 Å². The first kappa shape index (κ1) is 22.9. The number of benzene rings is 1. The first-order chi connectivity index (χ1) is 14.8. The summed E-state index contributed by atoms with van der Waals surface area (Å²) in [7, 11) is 0. The standard InChI is InChI=1S/C22H28F3N5O/c1-3-26-21(28-12-17-5-4-6-19(11-17)22(23,24)25)29-14-18-7-8-20(27-13-18)30-9-10-31-16(2)15-30/h4-8,11,13,16H,3,9-10,12,14-15H2,1-2H3,(H2,26,28,29). The van der Waals surface area contributed by atoms with E-state index in [2.05, 4.69) is 25.5 Å². The minimum atomic E-state index is -4.35. The van der Waals surface area contributed by atoms with Crippen molar-refractivity contribution in [1.29, 1.82) is 0 Å². The molecule has 0 saturated carbocycles. The second kappa shape index (κ2) is 10.5. The molecule has 2 heterocycles. The van der Waals surface area contributed by atoms with E-state index in [1.807, 2.05) is 26.0 Å². The minimum Gasteiger partial charge on any atom is -0.375 e. The van der Waals surface area contributed by atoms with Gasteiger partial charge in [-0.3, -0.25) is 0 Å². The van der Waals surface area contributed by atoms with Gasteiger partial charge in [-0.05, 0) is 43.2 Å². The van der Waals surface area contributed by atoms with E-state index in [1.165, 1.54) is 6.07 Å². The molecule has 1 atom stereocenters. The monoisotopic (exact) mass is 435 g/mol. The Morgan fingerprint density at radius 3 is 2.74 bits per heavy atom. The summed E-state index contributed by atoms with van der Waals surface area (Å²) >= 11 is 0. The Morgan fingerprint density at radius 1 is 1.23 bits per heavy atom. The summed E-state index contributed by atoms with van der Waals surface area (Å²) in [5, 5.41) is 6.19. The number of rotatable bonds is 6. The van der Waals surface area contributed by atoms with Gasteiger partial charge in [0.15, 0.2) is 5.96 Å². The molecule has 2 N–H and O–H groups in total. The van der Waals surface area contributed by atoms with Crippen molar-refractivity contribution in [3.63, 3.8) is 0 Å². The molecule has 1 unspecified atom stereocenters. The SMILES string of the molecule is CCNC(=NCc1ccc(N2CCOC(C)C2)nc1)NCc1cccc(C(F)(F)F)c1.